The second kappa shape index (κ2) is 5.41. The second-order valence-corrected chi connectivity index (χ2v) is 5.16. The molecule has 5 heteroatoms. The maximum atomic E-state index is 12.2. The summed E-state index contributed by atoms with van der Waals surface area (Å²) in [7, 11) is 0. The molecule has 0 bridgehead atoms. The fourth-order valence-corrected chi connectivity index (χ4v) is 2.75. The standard InChI is InChI=1S/C15H18N2O3/c1-4-5-8(2)12-10(7-16)14(17)20-11-6-9(3)19-15(18)13(11)12/h6,8,12H,4-5,17H2,1-3H3/t8-,12-/m0/s1. The monoisotopic (exact) mass is 274 g/mol. The molecule has 2 atom stereocenters. The fraction of sp³-hybridized carbons (Fsp3) is 0.467. The van der Waals surface area contributed by atoms with Gasteiger partial charge in [0.05, 0.1) is 11.1 Å². The average Bonchev–Trinajstić information content (AvgIpc) is 2.36. The molecule has 0 radical (unpaired) electrons. The number of nitrogens with two attached hydrogens (primary N) is 1. The fourth-order valence-electron chi connectivity index (χ4n) is 2.75. The minimum Gasteiger partial charge on any atom is -0.440 e. The van der Waals surface area contributed by atoms with E-state index in [0.717, 1.165) is 12.8 Å². The molecule has 5 nitrogen and oxygen atoms in total. The van der Waals surface area contributed by atoms with Crippen molar-refractivity contribution in [2.24, 2.45) is 11.7 Å². The molecule has 0 saturated carbocycles. The zero-order valence-electron chi connectivity index (χ0n) is 11.9. The van der Waals surface area contributed by atoms with E-state index in [9.17, 15) is 10.1 Å². The number of fused-ring (bicyclic) bond motifs is 1. The second-order valence-electron chi connectivity index (χ2n) is 5.16. The maximum absolute atomic E-state index is 12.2. The van der Waals surface area contributed by atoms with E-state index in [1.807, 2.05) is 6.92 Å². The van der Waals surface area contributed by atoms with Crippen LogP contribution < -0.4 is 16.1 Å². The van der Waals surface area contributed by atoms with Gasteiger partial charge in [-0.2, -0.15) is 5.26 Å². The van der Waals surface area contributed by atoms with Gasteiger partial charge in [0.2, 0.25) is 5.88 Å². The van der Waals surface area contributed by atoms with Crippen molar-refractivity contribution < 1.29 is 9.15 Å². The molecule has 0 amide bonds. The summed E-state index contributed by atoms with van der Waals surface area (Å²) in [6.07, 6.45) is 1.85. The van der Waals surface area contributed by atoms with Crippen molar-refractivity contribution in [3.63, 3.8) is 0 Å². The van der Waals surface area contributed by atoms with E-state index in [1.165, 1.54) is 0 Å². The van der Waals surface area contributed by atoms with Crippen LogP contribution in [0.1, 0.15) is 43.9 Å². The summed E-state index contributed by atoms with van der Waals surface area (Å²) in [6, 6.07) is 3.72. The number of rotatable bonds is 3. The molecule has 1 aliphatic heterocycles. The molecular weight excluding hydrogens is 256 g/mol. The Labute approximate surface area is 117 Å². The summed E-state index contributed by atoms with van der Waals surface area (Å²) >= 11 is 0. The summed E-state index contributed by atoms with van der Waals surface area (Å²) in [5.41, 5.74) is 6.10. The molecule has 20 heavy (non-hydrogen) atoms. The van der Waals surface area contributed by atoms with Crippen molar-refractivity contribution in [1.29, 1.82) is 5.26 Å². The third-order valence-electron chi connectivity index (χ3n) is 3.61. The highest BCUT2D eigenvalue weighted by atomic mass is 16.5. The number of allylic oxidation sites excluding steroid dienone is 1. The van der Waals surface area contributed by atoms with E-state index in [4.69, 9.17) is 14.9 Å². The summed E-state index contributed by atoms with van der Waals surface area (Å²) in [5, 5.41) is 9.32. The lowest BCUT2D eigenvalue weighted by Crippen LogP contribution is -2.29. The molecule has 2 heterocycles. The lowest BCUT2D eigenvalue weighted by Gasteiger charge is -2.29. The van der Waals surface area contributed by atoms with Crippen LogP contribution in [0.2, 0.25) is 0 Å². The summed E-state index contributed by atoms with van der Waals surface area (Å²) < 4.78 is 10.6. The highest BCUT2D eigenvalue weighted by Gasteiger charge is 2.36. The zero-order valence-corrected chi connectivity index (χ0v) is 11.9. The van der Waals surface area contributed by atoms with Gasteiger partial charge in [0, 0.05) is 12.0 Å². The Morgan fingerprint density at radius 2 is 2.25 bits per heavy atom. The minimum absolute atomic E-state index is 0.0814. The van der Waals surface area contributed by atoms with Crippen LogP contribution in [-0.4, -0.2) is 0 Å². The topological polar surface area (TPSA) is 89.2 Å². The first kappa shape index (κ1) is 14.2. The molecule has 0 unspecified atom stereocenters. The number of ether oxygens (including phenoxy) is 1. The van der Waals surface area contributed by atoms with Crippen molar-refractivity contribution in [3.05, 3.63) is 39.3 Å². The molecule has 1 aromatic rings. The lowest BCUT2D eigenvalue weighted by molar-refractivity contribution is 0.338. The van der Waals surface area contributed by atoms with Crippen molar-refractivity contribution in [1.82, 2.24) is 0 Å². The predicted molar refractivity (Wildman–Crippen MR) is 74.0 cm³/mol. The van der Waals surface area contributed by atoms with E-state index in [-0.39, 0.29) is 17.7 Å². The van der Waals surface area contributed by atoms with Gasteiger partial charge in [-0.05, 0) is 12.8 Å². The van der Waals surface area contributed by atoms with Crippen molar-refractivity contribution in [2.45, 2.75) is 39.5 Å². The number of nitriles is 1. The Hall–Kier alpha value is -2.22. The van der Waals surface area contributed by atoms with Gasteiger partial charge < -0.3 is 14.9 Å². The highest BCUT2D eigenvalue weighted by Crippen LogP contribution is 2.41. The van der Waals surface area contributed by atoms with Crippen LogP contribution in [0.15, 0.2) is 26.7 Å². The van der Waals surface area contributed by atoms with Gasteiger partial charge in [-0.3, -0.25) is 0 Å². The Balaban J connectivity index is 2.64. The molecule has 1 aromatic heterocycles. The van der Waals surface area contributed by atoms with E-state index in [1.54, 1.807) is 13.0 Å². The molecule has 0 aliphatic carbocycles. The van der Waals surface area contributed by atoms with Gasteiger partial charge in [0.15, 0.2) is 0 Å². The van der Waals surface area contributed by atoms with Crippen molar-refractivity contribution >= 4 is 0 Å². The van der Waals surface area contributed by atoms with E-state index >= 15 is 0 Å². The molecule has 0 aromatic carbocycles. The van der Waals surface area contributed by atoms with Crippen molar-refractivity contribution in [3.8, 4) is 11.8 Å². The van der Waals surface area contributed by atoms with Crippen molar-refractivity contribution in [2.75, 3.05) is 0 Å². The first-order chi connectivity index (χ1) is 9.49. The molecule has 106 valence electrons. The summed E-state index contributed by atoms with van der Waals surface area (Å²) in [6.45, 7) is 5.75. The minimum atomic E-state index is -0.451. The molecule has 0 saturated heterocycles. The summed E-state index contributed by atoms with van der Waals surface area (Å²) in [4.78, 5) is 12.2. The van der Waals surface area contributed by atoms with Crippen LogP contribution >= 0.6 is 0 Å². The smallest absolute Gasteiger partial charge is 0.343 e. The molecule has 2 N–H and O–H groups in total. The molecular formula is C15H18N2O3. The Bertz CT molecular complexity index is 652. The van der Waals surface area contributed by atoms with Crippen LogP contribution in [0.4, 0.5) is 0 Å². The zero-order chi connectivity index (χ0) is 14.9. The van der Waals surface area contributed by atoms with E-state index < -0.39 is 5.63 Å². The SMILES string of the molecule is CCC[C@H](C)[C@H]1C(C#N)=C(N)Oc2cc(C)oc(=O)c21. The van der Waals surface area contributed by atoms with Crippen LogP contribution in [0.5, 0.6) is 5.75 Å². The Morgan fingerprint density at radius 1 is 1.55 bits per heavy atom. The third kappa shape index (κ3) is 2.29. The number of aryl methyl sites for hydroxylation is 1. The van der Waals surface area contributed by atoms with E-state index in [0.29, 0.717) is 22.6 Å². The van der Waals surface area contributed by atoms with E-state index in [2.05, 4.69) is 13.0 Å². The number of nitrogens with zero attached hydrogens (tertiary/aromatic N) is 1. The van der Waals surface area contributed by atoms with Gasteiger partial charge >= 0.3 is 5.63 Å². The highest BCUT2D eigenvalue weighted by molar-refractivity contribution is 5.48. The third-order valence-corrected chi connectivity index (χ3v) is 3.61. The lowest BCUT2D eigenvalue weighted by atomic mass is 9.79. The average molecular weight is 274 g/mol. The first-order valence-electron chi connectivity index (χ1n) is 6.71. The Morgan fingerprint density at radius 3 is 2.85 bits per heavy atom. The maximum Gasteiger partial charge on any atom is 0.343 e. The van der Waals surface area contributed by atoms with Crippen LogP contribution in [0.25, 0.3) is 0 Å². The van der Waals surface area contributed by atoms with Gasteiger partial charge in [-0.1, -0.05) is 26.7 Å². The van der Waals surface area contributed by atoms with Crippen LogP contribution in [-0.2, 0) is 0 Å². The van der Waals surface area contributed by atoms with Gasteiger partial charge in [-0.25, -0.2) is 4.79 Å². The van der Waals surface area contributed by atoms with Gasteiger partial charge in [0.1, 0.15) is 17.6 Å². The van der Waals surface area contributed by atoms with Gasteiger partial charge in [0.25, 0.3) is 0 Å². The quantitative estimate of drug-likeness (QED) is 0.914. The Kier molecular flexibility index (Phi) is 3.84. The molecule has 1 aliphatic rings. The first-order valence-corrected chi connectivity index (χ1v) is 6.71. The largest absolute Gasteiger partial charge is 0.440 e. The molecule has 2 rings (SSSR count). The van der Waals surface area contributed by atoms with Crippen LogP contribution in [0.3, 0.4) is 0 Å². The van der Waals surface area contributed by atoms with Crippen LogP contribution in [0, 0.1) is 24.2 Å². The molecule has 0 fully saturated rings. The predicted octanol–water partition coefficient (Wildman–Crippen LogP) is 2.55. The van der Waals surface area contributed by atoms with Gasteiger partial charge in [-0.15, -0.1) is 0 Å². The number of hydrogen-bond donors (Lipinski definition) is 1. The molecule has 0 spiro atoms. The summed E-state index contributed by atoms with van der Waals surface area (Å²) in [5.74, 6) is 0.701. The normalized spacial score (nSPS) is 19.0. The number of hydrogen-bond acceptors (Lipinski definition) is 5.